The second kappa shape index (κ2) is 2.43. The third-order valence-electron chi connectivity index (χ3n) is 1.29. The lowest BCUT2D eigenvalue weighted by atomic mass is 10.3. The highest BCUT2D eigenvalue weighted by atomic mass is 32.1. The zero-order chi connectivity index (χ0) is 6.85. The molecule has 0 amide bonds. The molecule has 50 valence electrons. The molecule has 9 heavy (non-hydrogen) atoms. The van der Waals surface area contributed by atoms with Crippen LogP contribution in [0.5, 0.6) is 0 Å². The van der Waals surface area contributed by atoms with Crippen molar-refractivity contribution in [1.29, 1.82) is 0 Å². The predicted molar refractivity (Wildman–Crippen MR) is 40.6 cm³/mol. The smallest absolute Gasteiger partial charge is 0.0505 e. The molecule has 0 aliphatic heterocycles. The molecule has 0 spiro atoms. The Morgan fingerprint density at radius 2 is 2.44 bits per heavy atom. The summed E-state index contributed by atoms with van der Waals surface area (Å²) in [5, 5.41) is 4.28. The molecule has 0 aromatic carbocycles. The number of hydrogen-bond acceptors (Lipinski definition) is 2. The molecular formula is C6H10N2S. The van der Waals surface area contributed by atoms with Gasteiger partial charge in [-0.2, -0.15) is 17.7 Å². The second-order valence-electron chi connectivity index (χ2n) is 2.06. The summed E-state index contributed by atoms with van der Waals surface area (Å²) >= 11 is 4.26. The van der Waals surface area contributed by atoms with Gasteiger partial charge in [-0.1, -0.05) is 0 Å². The molecule has 1 atom stereocenters. The van der Waals surface area contributed by atoms with E-state index in [1.54, 1.807) is 6.20 Å². The van der Waals surface area contributed by atoms with Gasteiger partial charge in [0.1, 0.15) is 0 Å². The summed E-state index contributed by atoms with van der Waals surface area (Å²) in [6.07, 6.45) is 1.78. The third-order valence-corrected chi connectivity index (χ3v) is 1.55. The highest BCUT2D eigenvalue weighted by Crippen LogP contribution is 2.16. The van der Waals surface area contributed by atoms with Crippen LogP contribution in [0.25, 0.3) is 0 Å². The van der Waals surface area contributed by atoms with Gasteiger partial charge in [0.2, 0.25) is 0 Å². The molecule has 1 unspecified atom stereocenters. The number of thiol groups is 1. The number of aryl methyl sites for hydroxylation is 1. The van der Waals surface area contributed by atoms with Crippen LogP contribution >= 0.6 is 12.6 Å². The van der Waals surface area contributed by atoms with Gasteiger partial charge in [-0.25, -0.2) is 0 Å². The summed E-state index contributed by atoms with van der Waals surface area (Å²) in [5.74, 6) is 0. The Morgan fingerprint density at radius 1 is 1.78 bits per heavy atom. The van der Waals surface area contributed by atoms with Crippen LogP contribution in [0.1, 0.15) is 17.9 Å². The van der Waals surface area contributed by atoms with E-state index in [9.17, 15) is 0 Å². The minimum atomic E-state index is 0.275. The molecule has 1 rings (SSSR count). The van der Waals surface area contributed by atoms with E-state index in [0.717, 1.165) is 5.69 Å². The first-order valence-corrected chi connectivity index (χ1v) is 3.39. The summed E-state index contributed by atoms with van der Waals surface area (Å²) in [7, 11) is 1.92. The number of rotatable bonds is 1. The topological polar surface area (TPSA) is 17.8 Å². The van der Waals surface area contributed by atoms with Crippen molar-refractivity contribution in [3.8, 4) is 0 Å². The Bertz CT molecular complexity index is 193. The van der Waals surface area contributed by atoms with Gasteiger partial charge < -0.3 is 0 Å². The Kier molecular flexibility index (Phi) is 1.81. The van der Waals surface area contributed by atoms with Crippen LogP contribution in [0.15, 0.2) is 12.3 Å². The molecule has 0 bridgehead atoms. The molecule has 0 radical (unpaired) electrons. The first-order valence-electron chi connectivity index (χ1n) is 2.88. The van der Waals surface area contributed by atoms with E-state index in [0.29, 0.717) is 0 Å². The standard InChI is InChI=1S/C6H10N2S/c1-5(9)6-3-4-7-8(6)2/h3-5,9H,1-2H3. The average molecular weight is 142 g/mol. The normalized spacial score (nSPS) is 13.7. The summed E-state index contributed by atoms with van der Waals surface area (Å²) in [5.41, 5.74) is 1.15. The predicted octanol–water partition coefficient (Wildman–Crippen LogP) is 1.41. The largest absolute Gasteiger partial charge is 0.272 e. The van der Waals surface area contributed by atoms with Crippen molar-refractivity contribution in [3.05, 3.63) is 18.0 Å². The highest BCUT2D eigenvalue weighted by molar-refractivity contribution is 7.80. The molecule has 0 saturated carbocycles. The van der Waals surface area contributed by atoms with E-state index < -0.39 is 0 Å². The van der Waals surface area contributed by atoms with Crippen LogP contribution in [0, 0.1) is 0 Å². The van der Waals surface area contributed by atoms with E-state index in [1.165, 1.54) is 0 Å². The van der Waals surface area contributed by atoms with Crippen LogP contribution in [0.4, 0.5) is 0 Å². The van der Waals surface area contributed by atoms with E-state index in [2.05, 4.69) is 17.7 Å². The maximum Gasteiger partial charge on any atom is 0.0505 e. The molecule has 2 nitrogen and oxygen atoms in total. The minimum Gasteiger partial charge on any atom is -0.272 e. The lowest BCUT2D eigenvalue weighted by molar-refractivity contribution is 0.715. The van der Waals surface area contributed by atoms with Crippen molar-refractivity contribution < 1.29 is 0 Å². The van der Waals surface area contributed by atoms with Crippen LogP contribution in [0.2, 0.25) is 0 Å². The lowest BCUT2D eigenvalue weighted by Gasteiger charge is -2.02. The third kappa shape index (κ3) is 1.27. The molecule has 3 heteroatoms. The molecular weight excluding hydrogens is 132 g/mol. The van der Waals surface area contributed by atoms with Crippen LogP contribution in [0.3, 0.4) is 0 Å². The minimum absolute atomic E-state index is 0.275. The maximum atomic E-state index is 4.26. The van der Waals surface area contributed by atoms with Crippen LogP contribution in [-0.2, 0) is 7.05 Å². The Labute approximate surface area is 60.3 Å². The van der Waals surface area contributed by atoms with E-state index in [-0.39, 0.29) is 5.25 Å². The van der Waals surface area contributed by atoms with Crippen molar-refractivity contribution in [3.63, 3.8) is 0 Å². The van der Waals surface area contributed by atoms with Gasteiger partial charge in [0.05, 0.1) is 5.69 Å². The molecule has 0 aliphatic rings. The zero-order valence-corrected chi connectivity index (χ0v) is 6.47. The Balaban J connectivity index is 2.94. The van der Waals surface area contributed by atoms with Crippen molar-refractivity contribution >= 4 is 12.6 Å². The van der Waals surface area contributed by atoms with Gasteiger partial charge in [0, 0.05) is 18.5 Å². The van der Waals surface area contributed by atoms with Gasteiger partial charge >= 0.3 is 0 Å². The lowest BCUT2D eigenvalue weighted by Crippen LogP contribution is -1.97. The summed E-state index contributed by atoms with van der Waals surface area (Å²) in [6, 6.07) is 1.97. The fourth-order valence-corrected chi connectivity index (χ4v) is 1.05. The highest BCUT2D eigenvalue weighted by Gasteiger charge is 2.01. The zero-order valence-electron chi connectivity index (χ0n) is 5.57. The monoisotopic (exact) mass is 142 g/mol. The quantitative estimate of drug-likeness (QED) is 0.587. The molecule has 1 aromatic heterocycles. The molecule has 1 heterocycles. The summed E-state index contributed by atoms with van der Waals surface area (Å²) < 4.78 is 1.83. The average Bonchev–Trinajstić information content (AvgIpc) is 2.13. The Hall–Kier alpha value is -0.440. The first kappa shape index (κ1) is 6.68. The Morgan fingerprint density at radius 3 is 2.67 bits per heavy atom. The van der Waals surface area contributed by atoms with Crippen molar-refractivity contribution in [2.24, 2.45) is 7.05 Å². The molecule has 0 N–H and O–H groups in total. The van der Waals surface area contributed by atoms with Crippen molar-refractivity contribution in [2.45, 2.75) is 12.2 Å². The van der Waals surface area contributed by atoms with E-state index in [1.807, 2.05) is 24.7 Å². The number of nitrogens with zero attached hydrogens (tertiary/aromatic N) is 2. The first-order chi connectivity index (χ1) is 4.22. The van der Waals surface area contributed by atoms with Gasteiger partial charge in [-0.3, -0.25) is 4.68 Å². The van der Waals surface area contributed by atoms with Gasteiger partial charge in [-0.05, 0) is 13.0 Å². The van der Waals surface area contributed by atoms with Gasteiger partial charge in [0.15, 0.2) is 0 Å². The van der Waals surface area contributed by atoms with E-state index in [4.69, 9.17) is 0 Å². The molecule has 1 aromatic rings. The van der Waals surface area contributed by atoms with Crippen molar-refractivity contribution in [1.82, 2.24) is 9.78 Å². The fraction of sp³-hybridized carbons (Fsp3) is 0.500. The van der Waals surface area contributed by atoms with Gasteiger partial charge in [-0.15, -0.1) is 0 Å². The van der Waals surface area contributed by atoms with Crippen molar-refractivity contribution in [2.75, 3.05) is 0 Å². The van der Waals surface area contributed by atoms with E-state index >= 15 is 0 Å². The molecule has 0 saturated heterocycles. The summed E-state index contributed by atoms with van der Waals surface area (Å²) in [6.45, 7) is 2.03. The van der Waals surface area contributed by atoms with Crippen LogP contribution in [-0.4, -0.2) is 9.78 Å². The number of aromatic nitrogens is 2. The SMILES string of the molecule is CC(S)c1ccnn1C. The summed E-state index contributed by atoms with van der Waals surface area (Å²) in [4.78, 5) is 0. The van der Waals surface area contributed by atoms with Gasteiger partial charge in [0.25, 0.3) is 0 Å². The fourth-order valence-electron chi connectivity index (χ4n) is 0.794. The van der Waals surface area contributed by atoms with Crippen LogP contribution < -0.4 is 0 Å². The maximum absolute atomic E-state index is 4.26. The second-order valence-corrected chi connectivity index (χ2v) is 2.83. The molecule has 0 aliphatic carbocycles. The molecule has 0 fully saturated rings. The number of hydrogen-bond donors (Lipinski definition) is 1.